The topological polar surface area (TPSA) is 37.3 Å². The maximum Gasteiger partial charge on any atom is 0.384 e. The van der Waals surface area contributed by atoms with E-state index in [0.29, 0.717) is 0 Å². The smallest absolute Gasteiger partial charge is 0.384 e. The van der Waals surface area contributed by atoms with Gasteiger partial charge in [-0.15, -0.1) is 0 Å². The van der Waals surface area contributed by atoms with Crippen LogP contribution in [0.25, 0.3) is 5.76 Å². The third-order valence-corrected chi connectivity index (χ3v) is 5.64. The molecule has 2 nitrogen and oxygen atoms in total. The second-order valence-electron chi connectivity index (χ2n) is 6.78. The lowest BCUT2D eigenvalue weighted by atomic mass is 9.69. The average molecular weight is 509 g/mol. The highest BCUT2D eigenvalue weighted by atomic mass is 35.5. The molecule has 0 heterocycles. The highest BCUT2D eigenvalue weighted by Gasteiger charge is 3.02. The number of fused-ring (bicyclic) bond motifs is 1. The Bertz CT molecular complexity index is 1000. The molecular formula is C16H5Cl2F11O2. The molecule has 1 fully saturated rings. The van der Waals surface area contributed by atoms with Crippen molar-refractivity contribution in [2.75, 3.05) is 0 Å². The number of aliphatic hydroxyl groups is 1. The largest absolute Gasteiger partial charge is 0.507 e. The van der Waals surface area contributed by atoms with E-state index in [4.69, 9.17) is 23.2 Å². The van der Waals surface area contributed by atoms with Gasteiger partial charge in [-0.1, -0.05) is 23.2 Å². The molecule has 0 spiro atoms. The number of benzene rings is 1. The zero-order chi connectivity index (χ0) is 24.2. The Labute approximate surface area is 174 Å². The van der Waals surface area contributed by atoms with Crippen LogP contribution in [0.4, 0.5) is 48.3 Å². The first kappa shape index (κ1) is 23.9. The summed E-state index contributed by atoms with van der Waals surface area (Å²) in [6.45, 7) is 0. The summed E-state index contributed by atoms with van der Waals surface area (Å²) >= 11 is 11.3. The number of Topliss-reactive ketones (excluding diaryl/α,β-unsaturated/α-hetero) is 1. The third-order valence-electron chi connectivity index (χ3n) is 5.08. The second-order valence-corrected chi connectivity index (χ2v) is 7.62. The summed E-state index contributed by atoms with van der Waals surface area (Å²) < 4.78 is 152. The number of rotatable bonds is 2. The molecule has 0 saturated heterocycles. The summed E-state index contributed by atoms with van der Waals surface area (Å²) in [6.07, 6.45) is -1.25. The number of carbonyl (C=O) groups excluding carboxylic acids is 1. The summed E-state index contributed by atoms with van der Waals surface area (Å²) in [5, 5.41) is 9.28. The van der Waals surface area contributed by atoms with Crippen LogP contribution in [0.15, 0.2) is 17.7 Å². The van der Waals surface area contributed by atoms with Gasteiger partial charge in [-0.3, -0.25) is 4.79 Å². The minimum absolute atomic E-state index is 0.273. The quantitative estimate of drug-likeness (QED) is 0.477. The van der Waals surface area contributed by atoms with Crippen molar-refractivity contribution in [3.63, 3.8) is 0 Å². The lowest BCUT2D eigenvalue weighted by Crippen LogP contribution is -2.85. The third kappa shape index (κ3) is 2.39. The molecule has 0 amide bonds. The van der Waals surface area contributed by atoms with E-state index in [0.717, 1.165) is 12.1 Å². The normalized spacial score (nSPS) is 26.5. The van der Waals surface area contributed by atoms with E-state index in [1.54, 1.807) is 0 Å². The standard InChI is InChI=1S/C16H5Cl2F11O2/c17-4-1-6-5(8(18)2-4)3-7(9(6)30)10(31)11(19)12(20,21)14(24,25)16(28,29)15(26,27)13(11,22)23/h1-2,30H,3H2. The average Bonchev–Trinajstić information content (AvgIpc) is 2.95. The number of ketones is 1. The van der Waals surface area contributed by atoms with Crippen molar-refractivity contribution in [3.8, 4) is 0 Å². The van der Waals surface area contributed by atoms with Crippen molar-refractivity contribution in [1.29, 1.82) is 0 Å². The monoisotopic (exact) mass is 508 g/mol. The first-order chi connectivity index (χ1) is 13.7. The fourth-order valence-corrected chi connectivity index (χ4v) is 3.88. The van der Waals surface area contributed by atoms with Crippen molar-refractivity contribution < 1.29 is 58.2 Å². The summed E-state index contributed by atoms with van der Waals surface area (Å²) in [7, 11) is 0. The van der Waals surface area contributed by atoms with Gasteiger partial charge in [-0.25, -0.2) is 4.39 Å². The summed E-state index contributed by atoms with van der Waals surface area (Å²) in [6, 6.07) is 1.73. The van der Waals surface area contributed by atoms with E-state index in [-0.39, 0.29) is 5.02 Å². The van der Waals surface area contributed by atoms with Crippen molar-refractivity contribution >= 4 is 34.7 Å². The Kier molecular flexibility index (Phi) is 4.76. The van der Waals surface area contributed by atoms with Crippen LogP contribution < -0.4 is 0 Å². The van der Waals surface area contributed by atoms with Gasteiger partial charge in [0.05, 0.1) is 0 Å². The van der Waals surface area contributed by atoms with Crippen LogP contribution in [-0.4, -0.2) is 46.2 Å². The van der Waals surface area contributed by atoms with E-state index in [9.17, 15) is 58.2 Å². The molecule has 1 aromatic carbocycles. The fourth-order valence-electron chi connectivity index (χ4n) is 3.32. The minimum Gasteiger partial charge on any atom is -0.507 e. The maximum atomic E-state index is 14.9. The van der Waals surface area contributed by atoms with Gasteiger partial charge in [0.25, 0.3) is 0 Å². The number of alkyl halides is 11. The molecule has 2 aliphatic carbocycles. The molecule has 31 heavy (non-hydrogen) atoms. The molecule has 3 rings (SSSR count). The molecule has 1 N–H and O–H groups in total. The van der Waals surface area contributed by atoms with Crippen LogP contribution in [0.5, 0.6) is 0 Å². The van der Waals surface area contributed by atoms with Gasteiger partial charge in [-0.2, -0.15) is 43.9 Å². The molecule has 0 aliphatic heterocycles. The number of carbonyl (C=O) groups is 1. The van der Waals surface area contributed by atoms with Crippen LogP contribution in [0.1, 0.15) is 11.1 Å². The molecule has 1 aromatic rings. The Morgan fingerprint density at radius 3 is 1.65 bits per heavy atom. The highest BCUT2D eigenvalue weighted by Crippen LogP contribution is 2.70. The van der Waals surface area contributed by atoms with Crippen molar-refractivity contribution in [2.45, 2.75) is 41.7 Å². The van der Waals surface area contributed by atoms with Gasteiger partial charge in [-0.05, 0) is 17.7 Å². The minimum atomic E-state index is -7.45. The van der Waals surface area contributed by atoms with E-state index in [1.165, 1.54) is 0 Å². The molecule has 0 radical (unpaired) electrons. The summed E-state index contributed by atoms with van der Waals surface area (Å²) in [5.41, 5.74) is -9.67. The second kappa shape index (κ2) is 6.18. The van der Waals surface area contributed by atoms with Gasteiger partial charge >= 0.3 is 35.3 Å². The number of aliphatic hydroxyl groups excluding tert-OH is 1. The summed E-state index contributed by atoms with van der Waals surface area (Å²) in [4.78, 5) is 12.3. The molecule has 2 aliphatic rings. The van der Waals surface area contributed by atoms with Crippen molar-refractivity contribution in [1.82, 2.24) is 0 Å². The number of allylic oxidation sites excluding steroid dienone is 1. The van der Waals surface area contributed by atoms with Crippen LogP contribution in [0.2, 0.25) is 10.0 Å². The highest BCUT2D eigenvalue weighted by molar-refractivity contribution is 6.35. The van der Waals surface area contributed by atoms with Gasteiger partial charge in [0.15, 0.2) is 0 Å². The molecule has 15 heteroatoms. The molecule has 1 saturated carbocycles. The predicted molar refractivity (Wildman–Crippen MR) is 83.3 cm³/mol. The van der Waals surface area contributed by atoms with Crippen molar-refractivity contribution in [3.05, 3.63) is 38.9 Å². The maximum absolute atomic E-state index is 14.9. The van der Waals surface area contributed by atoms with Gasteiger partial charge in [0.1, 0.15) is 5.76 Å². The molecular weight excluding hydrogens is 504 g/mol. The van der Waals surface area contributed by atoms with Crippen LogP contribution in [0, 0.1) is 0 Å². The van der Waals surface area contributed by atoms with Crippen LogP contribution in [-0.2, 0) is 11.2 Å². The van der Waals surface area contributed by atoms with Gasteiger partial charge < -0.3 is 5.11 Å². The molecule has 0 unspecified atom stereocenters. The Balaban J connectivity index is 2.28. The van der Waals surface area contributed by atoms with Gasteiger partial charge in [0, 0.05) is 27.6 Å². The number of hydrogen-bond donors (Lipinski definition) is 1. The molecule has 0 aromatic heterocycles. The first-order valence-corrected chi connectivity index (χ1v) is 8.50. The zero-order valence-corrected chi connectivity index (χ0v) is 15.6. The van der Waals surface area contributed by atoms with Crippen LogP contribution in [0.3, 0.4) is 0 Å². The van der Waals surface area contributed by atoms with E-state index in [1.807, 2.05) is 0 Å². The molecule has 0 bridgehead atoms. The van der Waals surface area contributed by atoms with Crippen LogP contribution >= 0.6 is 23.2 Å². The number of hydrogen-bond acceptors (Lipinski definition) is 2. The SMILES string of the molecule is O=C(C1=C(O)c2cc(Cl)cc(Cl)c2C1)C1(F)C(F)(F)C(F)(F)C(F)(F)C(F)(F)C1(F)F. The summed E-state index contributed by atoms with van der Waals surface area (Å²) in [5.74, 6) is -42.0. The fraction of sp³-hybridized carbons (Fsp3) is 0.438. The number of halogens is 13. The Hall–Kier alpha value is -1.76. The first-order valence-electron chi connectivity index (χ1n) is 7.75. The lowest BCUT2D eigenvalue weighted by Gasteiger charge is -2.51. The zero-order valence-electron chi connectivity index (χ0n) is 14.1. The lowest BCUT2D eigenvalue weighted by molar-refractivity contribution is -0.475. The van der Waals surface area contributed by atoms with E-state index < -0.39 is 75.0 Å². The Morgan fingerprint density at radius 1 is 0.774 bits per heavy atom. The molecule has 0 atom stereocenters. The Morgan fingerprint density at radius 2 is 1.19 bits per heavy atom. The molecule has 172 valence electrons. The predicted octanol–water partition coefficient (Wildman–Crippen LogP) is 6.29. The van der Waals surface area contributed by atoms with E-state index in [2.05, 4.69) is 0 Å². The van der Waals surface area contributed by atoms with Gasteiger partial charge in [0.2, 0.25) is 5.78 Å². The van der Waals surface area contributed by atoms with Crippen molar-refractivity contribution in [2.24, 2.45) is 0 Å². The van der Waals surface area contributed by atoms with E-state index >= 15 is 0 Å².